The molecule has 0 aromatic rings. The number of carbonyl (C=O) groups excluding carboxylic acids is 2. The van der Waals surface area contributed by atoms with Crippen molar-refractivity contribution in [3.05, 3.63) is 6.54 Å². The lowest BCUT2D eigenvalue weighted by Gasteiger charge is -1.95. The number of hydrogen-bond acceptors (Lipinski definition) is 3. The molecule has 0 saturated carbocycles. The van der Waals surface area contributed by atoms with Crippen LogP contribution in [-0.4, -0.2) is 12.2 Å². The molecule has 0 aromatic carbocycles. The third-order valence-electron chi connectivity index (χ3n) is 0.400. The van der Waals surface area contributed by atoms with Crippen molar-refractivity contribution in [3.8, 4) is 0 Å². The molecule has 0 rings (SSSR count). The monoisotopic (exact) mass is 115 g/mol. The number of amides is 1. The number of rotatable bonds is 3. The van der Waals surface area contributed by atoms with Gasteiger partial charge in [0.2, 0.25) is 5.91 Å². The summed E-state index contributed by atoms with van der Waals surface area (Å²) in [6.07, 6.45) is 0.538. The zero-order valence-corrected chi connectivity index (χ0v) is 4.47. The van der Waals surface area contributed by atoms with Crippen LogP contribution < -0.4 is 10.9 Å². The molecule has 0 aliphatic rings. The van der Waals surface area contributed by atoms with Crippen LogP contribution in [0.15, 0.2) is 0 Å². The Kier molecular flexibility index (Phi) is 3.78. The van der Waals surface area contributed by atoms with Crippen LogP contribution in [0.4, 0.5) is 0 Å². The Morgan fingerprint density at radius 2 is 2.25 bits per heavy atom. The maximum atomic E-state index is 10.0. The standard InChI is InChI=1S/C4H7N2O2/c1-4(8)6-5-2-3-7/h2-3,5H,1H3,(H,6,8). The lowest BCUT2D eigenvalue weighted by atomic mass is 10.7. The van der Waals surface area contributed by atoms with Crippen molar-refractivity contribution in [1.29, 1.82) is 0 Å². The lowest BCUT2D eigenvalue weighted by molar-refractivity contribution is -0.119. The number of aldehydes is 1. The summed E-state index contributed by atoms with van der Waals surface area (Å²) in [4.78, 5) is 19.5. The average Bonchev–Trinajstić information content (AvgIpc) is 1.66. The van der Waals surface area contributed by atoms with Crippen molar-refractivity contribution in [3.63, 3.8) is 0 Å². The van der Waals surface area contributed by atoms with Crippen LogP contribution in [0.2, 0.25) is 0 Å². The van der Waals surface area contributed by atoms with E-state index in [1.165, 1.54) is 6.92 Å². The van der Waals surface area contributed by atoms with E-state index >= 15 is 0 Å². The Bertz CT molecular complexity index is 92.0. The molecule has 0 unspecified atom stereocenters. The zero-order valence-electron chi connectivity index (χ0n) is 4.47. The van der Waals surface area contributed by atoms with Crippen molar-refractivity contribution in [2.24, 2.45) is 0 Å². The lowest BCUT2D eigenvalue weighted by Crippen LogP contribution is -2.33. The molecular weight excluding hydrogens is 108 g/mol. The molecule has 45 valence electrons. The van der Waals surface area contributed by atoms with Gasteiger partial charge in [-0.1, -0.05) is 0 Å². The quantitative estimate of drug-likeness (QED) is 0.281. The van der Waals surface area contributed by atoms with Crippen LogP contribution >= 0.6 is 0 Å². The zero-order chi connectivity index (χ0) is 6.41. The molecule has 1 amide bonds. The van der Waals surface area contributed by atoms with Gasteiger partial charge in [-0.25, -0.2) is 5.43 Å². The van der Waals surface area contributed by atoms with Gasteiger partial charge in [0.25, 0.3) is 0 Å². The highest BCUT2D eigenvalue weighted by Gasteiger charge is 1.84. The Hall–Kier alpha value is -0.900. The van der Waals surface area contributed by atoms with E-state index < -0.39 is 0 Å². The SMILES string of the molecule is CC(=O)NN[CH]C=O. The molecule has 0 aliphatic carbocycles. The first-order chi connectivity index (χ1) is 3.77. The normalized spacial score (nSPS) is 8.12. The maximum absolute atomic E-state index is 10.0. The highest BCUT2D eigenvalue weighted by Crippen LogP contribution is 1.54. The summed E-state index contributed by atoms with van der Waals surface area (Å²) < 4.78 is 0. The second-order valence-electron chi connectivity index (χ2n) is 1.13. The summed E-state index contributed by atoms with van der Waals surface area (Å²) in [6.45, 7) is 2.42. The highest BCUT2D eigenvalue weighted by molar-refractivity contribution is 5.73. The number of nitrogens with one attached hydrogen (secondary N) is 2. The number of hydrazine groups is 1. The Morgan fingerprint density at radius 3 is 2.62 bits per heavy atom. The molecule has 4 nitrogen and oxygen atoms in total. The first kappa shape index (κ1) is 7.10. The fourth-order valence-electron chi connectivity index (χ4n) is 0.177. The van der Waals surface area contributed by atoms with E-state index in [9.17, 15) is 9.59 Å². The molecular formula is C4H7N2O2. The molecule has 0 bridgehead atoms. The molecule has 0 atom stereocenters. The van der Waals surface area contributed by atoms with Crippen molar-refractivity contribution in [1.82, 2.24) is 10.9 Å². The Morgan fingerprint density at radius 1 is 1.62 bits per heavy atom. The third kappa shape index (κ3) is 5.10. The third-order valence-corrected chi connectivity index (χ3v) is 0.400. The first-order valence-corrected chi connectivity index (χ1v) is 2.06. The average molecular weight is 115 g/mol. The van der Waals surface area contributed by atoms with Gasteiger partial charge in [-0.05, 0) is 0 Å². The van der Waals surface area contributed by atoms with Crippen LogP contribution in [0.1, 0.15) is 6.92 Å². The van der Waals surface area contributed by atoms with Crippen LogP contribution in [0.25, 0.3) is 0 Å². The van der Waals surface area contributed by atoms with E-state index in [2.05, 4.69) is 10.9 Å². The van der Waals surface area contributed by atoms with Crippen LogP contribution in [0, 0.1) is 6.54 Å². The van der Waals surface area contributed by atoms with Crippen LogP contribution in [-0.2, 0) is 9.59 Å². The van der Waals surface area contributed by atoms with E-state index in [0.29, 0.717) is 6.29 Å². The van der Waals surface area contributed by atoms with Crippen molar-refractivity contribution in [2.45, 2.75) is 6.92 Å². The van der Waals surface area contributed by atoms with Gasteiger partial charge in [-0.2, -0.15) is 0 Å². The number of carbonyl (C=O) groups is 2. The second-order valence-corrected chi connectivity index (χ2v) is 1.13. The van der Waals surface area contributed by atoms with Gasteiger partial charge in [0.05, 0.1) is 0 Å². The molecule has 8 heavy (non-hydrogen) atoms. The molecule has 2 N–H and O–H groups in total. The summed E-state index contributed by atoms with van der Waals surface area (Å²) in [6, 6.07) is 0. The molecule has 0 aliphatic heterocycles. The molecule has 0 saturated heterocycles. The van der Waals surface area contributed by atoms with E-state index in [-0.39, 0.29) is 5.91 Å². The van der Waals surface area contributed by atoms with Gasteiger partial charge >= 0.3 is 0 Å². The molecule has 0 spiro atoms. The summed E-state index contributed by atoms with van der Waals surface area (Å²) in [5.74, 6) is -0.233. The van der Waals surface area contributed by atoms with Crippen LogP contribution in [0.3, 0.4) is 0 Å². The van der Waals surface area contributed by atoms with Gasteiger partial charge in [0.1, 0.15) is 12.8 Å². The predicted octanol–water partition coefficient (Wildman–Crippen LogP) is -1.01. The van der Waals surface area contributed by atoms with E-state index in [4.69, 9.17) is 0 Å². The largest absolute Gasteiger partial charge is 0.301 e. The molecule has 0 aromatic heterocycles. The molecule has 4 heteroatoms. The second kappa shape index (κ2) is 4.26. The highest BCUT2D eigenvalue weighted by atomic mass is 16.2. The Labute approximate surface area is 47.2 Å². The van der Waals surface area contributed by atoms with E-state index in [1.807, 2.05) is 0 Å². The summed E-state index contributed by atoms with van der Waals surface area (Å²) in [5, 5.41) is 0. The minimum Gasteiger partial charge on any atom is -0.301 e. The fraction of sp³-hybridized carbons (Fsp3) is 0.250. The summed E-state index contributed by atoms with van der Waals surface area (Å²) in [5.41, 5.74) is 4.41. The van der Waals surface area contributed by atoms with Crippen LogP contribution in [0.5, 0.6) is 0 Å². The van der Waals surface area contributed by atoms with Gasteiger partial charge in [-0.3, -0.25) is 10.2 Å². The van der Waals surface area contributed by atoms with Gasteiger partial charge < -0.3 is 4.79 Å². The first-order valence-electron chi connectivity index (χ1n) is 2.06. The minimum atomic E-state index is -0.233. The molecule has 1 radical (unpaired) electrons. The van der Waals surface area contributed by atoms with E-state index in [1.54, 1.807) is 0 Å². The van der Waals surface area contributed by atoms with Gasteiger partial charge in [0, 0.05) is 6.92 Å². The van der Waals surface area contributed by atoms with Crippen molar-refractivity contribution in [2.75, 3.05) is 0 Å². The van der Waals surface area contributed by atoms with E-state index in [0.717, 1.165) is 6.54 Å². The van der Waals surface area contributed by atoms with Crippen molar-refractivity contribution >= 4 is 12.2 Å². The number of hydrogen-bond donors (Lipinski definition) is 2. The van der Waals surface area contributed by atoms with Gasteiger partial charge in [-0.15, -0.1) is 0 Å². The smallest absolute Gasteiger partial charge is 0.230 e. The maximum Gasteiger partial charge on any atom is 0.230 e. The summed E-state index contributed by atoms with van der Waals surface area (Å²) >= 11 is 0. The predicted molar refractivity (Wildman–Crippen MR) is 27.3 cm³/mol. The molecule has 0 heterocycles. The van der Waals surface area contributed by atoms with Gasteiger partial charge in [0.15, 0.2) is 0 Å². The minimum absolute atomic E-state index is 0.233. The molecule has 0 fully saturated rings. The topological polar surface area (TPSA) is 58.2 Å². The summed E-state index contributed by atoms with van der Waals surface area (Å²) in [7, 11) is 0. The van der Waals surface area contributed by atoms with Crippen molar-refractivity contribution < 1.29 is 9.59 Å². The Balaban J connectivity index is 2.93. The fourth-order valence-corrected chi connectivity index (χ4v) is 0.177.